The van der Waals surface area contributed by atoms with Crippen LogP contribution in [0.25, 0.3) is 0 Å². The highest BCUT2D eigenvalue weighted by molar-refractivity contribution is 7.99. The second-order valence-corrected chi connectivity index (χ2v) is 9.39. The number of nitrogens with one attached hydrogen (secondary N) is 1. The second kappa shape index (κ2) is 10.8. The van der Waals surface area contributed by atoms with E-state index in [2.05, 4.69) is 5.32 Å². The maximum atomic E-state index is 13.4. The summed E-state index contributed by atoms with van der Waals surface area (Å²) in [5, 5.41) is 3.33. The van der Waals surface area contributed by atoms with Crippen LogP contribution in [0.5, 0.6) is 11.5 Å². The van der Waals surface area contributed by atoms with Gasteiger partial charge in [0.05, 0.1) is 19.9 Å². The first-order valence-electron chi connectivity index (χ1n) is 10.8. The molecule has 0 spiro atoms. The third-order valence-electron chi connectivity index (χ3n) is 5.60. The van der Waals surface area contributed by atoms with Crippen molar-refractivity contribution in [1.82, 2.24) is 5.32 Å². The molecular formula is C26H25ClN2O4S. The van der Waals surface area contributed by atoms with Crippen molar-refractivity contribution in [2.24, 2.45) is 0 Å². The van der Waals surface area contributed by atoms with E-state index < -0.39 is 0 Å². The average Bonchev–Trinajstić information content (AvgIpc) is 2.99. The lowest BCUT2D eigenvalue weighted by atomic mass is 10.1. The van der Waals surface area contributed by atoms with Crippen LogP contribution in [-0.4, -0.2) is 32.6 Å². The molecule has 4 rings (SSSR count). The normalized spacial score (nSPS) is 15.3. The molecule has 1 N–H and O–H groups in total. The number of nitrogens with zero attached hydrogens (tertiary/aromatic N) is 1. The first-order chi connectivity index (χ1) is 16.5. The number of carbonyl (C=O) groups excluding carboxylic acids is 2. The number of fused-ring (bicyclic) bond motifs is 1. The molecule has 1 heterocycles. The number of hydrogen-bond donors (Lipinski definition) is 1. The molecule has 6 nitrogen and oxygen atoms in total. The van der Waals surface area contributed by atoms with Crippen molar-refractivity contribution in [2.45, 2.75) is 23.1 Å². The third kappa shape index (κ3) is 5.32. The van der Waals surface area contributed by atoms with Crippen LogP contribution in [0.3, 0.4) is 0 Å². The Labute approximate surface area is 208 Å². The van der Waals surface area contributed by atoms with Gasteiger partial charge in [-0.05, 0) is 41.5 Å². The van der Waals surface area contributed by atoms with Crippen molar-refractivity contribution in [2.75, 3.05) is 25.7 Å². The Hall–Kier alpha value is -3.16. The van der Waals surface area contributed by atoms with Gasteiger partial charge in [0.2, 0.25) is 11.8 Å². The predicted octanol–water partition coefficient (Wildman–Crippen LogP) is 5.24. The topological polar surface area (TPSA) is 67.9 Å². The zero-order chi connectivity index (χ0) is 24.1. The Bertz CT molecular complexity index is 1200. The Morgan fingerprint density at radius 2 is 1.79 bits per heavy atom. The molecule has 34 heavy (non-hydrogen) atoms. The molecule has 176 valence electrons. The molecule has 0 saturated carbocycles. The standard InChI is InChI=1S/C26H25ClN2O4S/c1-32-21-12-11-17(13-22(21)33-2)24-14-26(31)29(20-9-5-6-10-23(20)34-24)16-25(30)28-15-18-7-3-4-8-19(18)27/h3-13,24H,14-16H2,1-2H3,(H,28,30)/t24-/m1/s1. The Morgan fingerprint density at radius 3 is 2.56 bits per heavy atom. The van der Waals surface area contributed by atoms with Crippen LogP contribution in [0.4, 0.5) is 5.69 Å². The summed E-state index contributed by atoms with van der Waals surface area (Å²) in [6.45, 7) is 0.227. The van der Waals surface area contributed by atoms with Crippen LogP contribution in [-0.2, 0) is 16.1 Å². The van der Waals surface area contributed by atoms with E-state index in [9.17, 15) is 9.59 Å². The largest absolute Gasteiger partial charge is 0.493 e. The lowest BCUT2D eigenvalue weighted by Gasteiger charge is -2.22. The fraction of sp³-hybridized carbons (Fsp3) is 0.231. The molecule has 0 fully saturated rings. The smallest absolute Gasteiger partial charge is 0.240 e. The lowest BCUT2D eigenvalue weighted by Crippen LogP contribution is -2.40. The number of anilines is 1. The second-order valence-electron chi connectivity index (χ2n) is 7.74. The van der Waals surface area contributed by atoms with Crippen LogP contribution in [0.2, 0.25) is 5.02 Å². The van der Waals surface area contributed by atoms with Gasteiger partial charge in [-0.15, -0.1) is 11.8 Å². The van der Waals surface area contributed by atoms with Crippen molar-refractivity contribution < 1.29 is 19.1 Å². The number of amides is 2. The fourth-order valence-electron chi connectivity index (χ4n) is 3.83. The Balaban J connectivity index is 1.54. The summed E-state index contributed by atoms with van der Waals surface area (Å²) in [6.07, 6.45) is 0.243. The van der Waals surface area contributed by atoms with Gasteiger partial charge in [-0.1, -0.05) is 48.0 Å². The number of halogens is 1. The predicted molar refractivity (Wildman–Crippen MR) is 135 cm³/mol. The molecule has 0 unspecified atom stereocenters. The highest BCUT2D eigenvalue weighted by Crippen LogP contribution is 2.46. The van der Waals surface area contributed by atoms with Crippen molar-refractivity contribution in [3.8, 4) is 11.5 Å². The number of para-hydroxylation sites is 1. The van der Waals surface area contributed by atoms with E-state index in [1.807, 2.05) is 60.7 Å². The number of benzene rings is 3. The minimum atomic E-state index is -0.252. The molecule has 0 radical (unpaired) electrons. The molecule has 0 aliphatic carbocycles. The molecule has 0 saturated heterocycles. The monoisotopic (exact) mass is 496 g/mol. The molecule has 3 aromatic rings. The molecule has 1 atom stereocenters. The summed E-state index contributed by atoms with van der Waals surface area (Å²) in [4.78, 5) is 28.6. The van der Waals surface area contributed by atoms with E-state index in [1.54, 1.807) is 36.9 Å². The molecule has 8 heteroatoms. The maximum Gasteiger partial charge on any atom is 0.240 e. The number of thioether (sulfide) groups is 1. The quantitative estimate of drug-likeness (QED) is 0.484. The number of rotatable bonds is 7. The minimum absolute atomic E-state index is 0.0699. The van der Waals surface area contributed by atoms with Gasteiger partial charge in [0.15, 0.2) is 11.5 Å². The van der Waals surface area contributed by atoms with E-state index in [0.717, 1.165) is 21.7 Å². The minimum Gasteiger partial charge on any atom is -0.493 e. The number of carbonyl (C=O) groups is 2. The maximum absolute atomic E-state index is 13.4. The summed E-state index contributed by atoms with van der Waals surface area (Å²) in [5.74, 6) is 0.873. The van der Waals surface area contributed by atoms with Crippen LogP contribution in [0, 0.1) is 0 Å². The van der Waals surface area contributed by atoms with Crippen LogP contribution in [0.15, 0.2) is 71.6 Å². The summed E-state index contributed by atoms with van der Waals surface area (Å²) < 4.78 is 10.8. The van der Waals surface area contributed by atoms with Crippen molar-refractivity contribution >= 4 is 40.9 Å². The zero-order valence-corrected chi connectivity index (χ0v) is 20.5. The van der Waals surface area contributed by atoms with Gasteiger partial charge in [0.25, 0.3) is 0 Å². The van der Waals surface area contributed by atoms with Crippen LogP contribution < -0.4 is 19.7 Å². The summed E-state index contributed by atoms with van der Waals surface area (Å²) >= 11 is 7.79. The summed E-state index contributed by atoms with van der Waals surface area (Å²) in [7, 11) is 3.18. The Kier molecular flexibility index (Phi) is 7.65. The van der Waals surface area contributed by atoms with Crippen molar-refractivity contribution in [3.63, 3.8) is 0 Å². The third-order valence-corrected chi connectivity index (χ3v) is 7.29. The molecule has 0 bridgehead atoms. The highest BCUT2D eigenvalue weighted by Gasteiger charge is 2.30. The van der Waals surface area contributed by atoms with E-state index in [0.29, 0.717) is 23.1 Å². The van der Waals surface area contributed by atoms with E-state index in [-0.39, 0.29) is 30.0 Å². The van der Waals surface area contributed by atoms with Crippen LogP contribution >= 0.6 is 23.4 Å². The number of hydrogen-bond acceptors (Lipinski definition) is 5. The van der Waals surface area contributed by atoms with Gasteiger partial charge < -0.3 is 19.7 Å². The van der Waals surface area contributed by atoms with Gasteiger partial charge in [0.1, 0.15) is 6.54 Å². The van der Waals surface area contributed by atoms with Gasteiger partial charge in [-0.3, -0.25) is 9.59 Å². The zero-order valence-electron chi connectivity index (χ0n) is 18.9. The fourth-order valence-corrected chi connectivity index (χ4v) is 5.30. The molecule has 1 aliphatic heterocycles. The first-order valence-corrected chi connectivity index (χ1v) is 12.0. The highest BCUT2D eigenvalue weighted by atomic mass is 35.5. The SMILES string of the molecule is COc1ccc([C@H]2CC(=O)N(CC(=O)NCc3ccccc3Cl)c3ccccc3S2)cc1OC. The number of methoxy groups -OCH3 is 2. The molecule has 0 aromatic heterocycles. The van der Waals surface area contributed by atoms with Gasteiger partial charge >= 0.3 is 0 Å². The van der Waals surface area contributed by atoms with E-state index >= 15 is 0 Å². The lowest BCUT2D eigenvalue weighted by molar-refractivity contribution is -0.124. The van der Waals surface area contributed by atoms with Crippen molar-refractivity contribution in [3.05, 3.63) is 82.9 Å². The average molecular weight is 497 g/mol. The van der Waals surface area contributed by atoms with Crippen LogP contribution in [0.1, 0.15) is 22.8 Å². The van der Waals surface area contributed by atoms with E-state index in [1.165, 1.54) is 0 Å². The van der Waals surface area contributed by atoms with Gasteiger partial charge in [0, 0.05) is 28.1 Å². The molecule has 1 aliphatic rings. The van der Waals surface area contributed by atoms with Crippen molar-refractivity contribution in [1.29, 1.82) is 0 Å². The van der Waals surface area contributed by atoms with Gasteiger partial charge in [-0.25, -0.2) is 0 Å². The van der Waals surface area contributed by atoms with E-state index in [4.69, 9.17) is 21.1 Å². The summed E-state index contributed by atoms with van der Waals surface area (Å²) in [5.41, 5.74) is 2.51. The summed E-state index contributed by atoms with van der Waals surface area (Å²) in [6, 6.07) is 20.7. The first kappa shape index (κ1) is 24.0. The van der Waals surface area contributed by atoms with Gasteiger partial charge in [-0.2, -0.15) is 0 Å². The number of ether oxygens (including phenoxy) is 2. The molecule has 2 amide bonds. The Morgan fingerprint density at radius 1 is 1.06 bits per heavy atom. The molecule has 3 aromatic carbocycles. The molecular weight excluding hydrogens is 472 g/mol.